The summed E-state index contributed by atoms with van der Waals surface area (Å²) in [7, 11) is 0. The van der Waals surface area contributed by atoms with Crippen LogP contribution in [0.15, 0.2) is 30.5 Å². The average Bonchev–Trinajstić information content (AvgIpc) is 2.57. The molecular formula is C20H24F2N2O2. The van der Waals surface area contributed by atoms with Crippen LogP contribution in [0, 0.1) is 5.92 Å². The number of pyridine rings is 1. The van der Waals surface area contributed by atoms with Gasteiger partial charge < -0.3 is 15.2 Å². The van der Waals surface area contributed by atoms with Crippen LogP contribution in [0.3, 0.4) is 0 Å². The number of hydrogen-bond acceptors (Lipinski definition) is 4. The smallest absolute Gasteiger partial charge is 0.280 e. The van der Waals surface area contributed by atoms with E-state index < -0.39 is 6.43 Å². The van der Waals surface area contributed by atoms with Crippen LogP contribution in [-0.2, 0) is 6.61 Å². The van der Waals surface area contributed by atoms with Gasteiger partial charge in [-0.3, -0.25) is 4.98 Å². The molecule has 26 heavy (non-hydrogen) atoms. The highest BCUT2D eigenvalue weighted by molar-refractivity contribution is 5.75. The van der Waals surface area contributed by atoms with Crippen molar-refractivity contribution in [3.8, 4) is 22.6 Å². The van der Waals surface area contributed by atoms with Gasteiger partial charge in [0.25, 0.3) is 6.43 Å². The lowest BCUT2D eigenvalue weighted by Gasteiger charge is -2.24. The van der Waals surface area contributed by atoms with Crippen LogP contribution in [-0.4, -0.2) is 17.1 Å². The summed E-state index contributed by atoms with van der Waals surface area (Å²) in [4.78, 5) is 3.75. The molecule has 0 bridgehead atoms. The largest absolute Gasteiger partial charge is 0.493 e. The highest BCUT2D eigenvalue weighted by Gasteiger charge is 2.21. The maximum atomic E-state index is 12.9. The fourth-order valence-corrected chi connectivity index (χ4v) is 3.30. The third-order valence-electron chi connectivity index (χ3n) is 4.27. The van der Waals surface area contributed by atoms with Crippen molar-refractivity contribution in [2.45, 2.75) is 45.8 Å². The Balaban J connectivity index is 1.77. The molecule has 0 spiro atoms. The Kier molecular flexibility index (Phi) is 5.14. The van der Waals surface area contributed by atoms with Crippen molar-refractivity contribution in [3.63, 3.8) is 0 Å². The lowest BCUT2D eigenvalue weighted by Crippen LogP contribution is -2.35. The average molecular weight is 362 g/mol. The molecule has 0 fully saturated rings. The lowest BCUT2D eigenvalue weighted by molar-refractivity contribution is 0.146. The molecule has 6 heteroatoms. The molecular weight excluding hydrogens is 338 g/mol. The Morgan fingerprint density at radius 2 is 2.04 bits per heavy atom. The van der Waals surface area contributed by atoms with E-state index >= 15 is 0 Å². The molecule has 1 aliphatic rings. The Morgan fingerprint density at radius 1 is 1.27 bits per heavy atom. The summed E-state index contributed by atoms with van der Waals surface area (Å²) in [5, 5.41) is 0. The van der Waals surface area contributed by atoms with E-state index in [1.54, 1.807) is 0 Å². The van der Waals surface area contributed by atoms with E-state index in [-0.39, 0.29) is 11.2 Å². The number of nitrogens with zero attached hydrogens (tertiary/aromatic N) is 1. The standard InChI is InChI=1S/C20H24F2N2O2/c1-12(8-20(2,3)23)10-25-14-4-5-15-13(6-14)11-26-18-9-24-17(19(21)22)7-16(15)18/h4-7,9,12,19H,8,10-11,23H2,1-3H3. The Bertz CT molecular complexity index is 788. The molecule has 1 aliphatic heterocycles. The summed E-state index contributed by atoms with van der Waals surface area (Å²) in [6, 6.07) is 7.04. The lowest BCUT2D eigenvalue weighted by atomic mass is 9.93. The molecule has 0 saturated heterocycles. The van der Waals surface area contributed by atoms with Crippen LogP contribution in [0.4, 0.5) is 8.78 Å². The summed E-state index contributed by atoms with van der Waals surface area (Å²) in [6.45, 7) is 7.03. The number of benzene rings is 1. The van der Waals surface area contributed by atoms with Crippen molar-refractivity contribution in [1.29, 1.82) is 0 Å². The van der Waals surface area contributed by atoms with Gasteiger partial charge in [-0.1, -0.05) is 13.0 Å². The number of alkyl halides is 2. The van der Waals surface area contributed by atoms with Crippen LogP contribution in [0.2, 0.25) is 0 Å². The van der Waals surface area contributed by atoms with E-state index in [1.807, 2.05) is 32.0 Å². The van der Waals surface area contributed by atoms with Crippen molar-refractivity contribution in [2.24, 2.45) is 11.7 Å². The highest BCUT2D eigenvalue weighted by Crippen LogP contribution is 2.39. The SMILES string of the molecule is CC(COc1ccc2c(c1)COc1cnc(C(F)F)cc1-2)CC(C)(C)N. The quantitative estimate of drug-likeness (QED) is 0.808. The molecule has 4 nitrogen and oxygen atoms in total. The van der Waals surface area contributed by atoms with Gasteiger partial charge in [0, 0.05) is 16.7 Å². The zero-order valence-electron chi connectivity index (χ0n) is 15.3. The first-order valence-corrected chi connectivity index (χ1v) is 8.69. The van der Waals surface area contributed by atoms with Crippen LogP contribution < -0.4 is 15.2 Å². The second kappa shape index (κ2) is 7.19. The van der Waals surface area contributed by atoms with Crippen LogP contribution in [0.5, 0.6) is 11.5 Å². The molecule has 1 unspecified atom stereocenters. The Hall–Kier alpha value is -2.21. The second-order valence-electron chi connectivity index (χ2n) is 7.62. The number of hydrogen-bond donors (Lipinski definition) is 1. The number of aromatic nitrogens is 1. The van der Waals surface area contributed by atoms with Crippen molar-refractivity contribution in [1.82, 2.24) is 4.98 Å². The van der Waals surface area contributed by atoms with Crippen LogP contribution in [0.1, 0.15) is 44.9 Å². The van der Waals surface area contributed by atoms with Gasteiger partial charge in [-0.2, -0.15) is 0 Å². The summed E-state index contributed by atoms with van der Waals surface area (Å²) in [5.41, 5.74) is 7.99. The normalized spacial score (nSPS) is 14.4. The van der Waals surface area contributed by atoms with E-state index in [0.717, 1.165) is 23.3 Å². The zero-order valence-corrected chi connectivity index (χ0v) is 15.3. The van der Waals surface area contributed by atoms with E-state index in [2.05, 4.69) is 11.9 Å². The second-order valence-corrected chi connectivity index (χ2v) is 7.62. The molecule has 3 rings (SSSR count). The number of rotatable bonds is 6. The van der Waals surface area contributed by atoms with Crippen LogP contribution >= 0.6 is 0 Å². The minimum Gasteiger partial charge on any atom is -0.493 e. The fraction of sp³-hybridized carbons (Fsp3) is 0.450. The van der Waals surface area contributed by atoms with Gasteiger partial charge in [-0.15, -0.1) is 0 Å². The summed E-state index contributed by atoms with van der Waals surface area (Å²) < 4.78 is 37.4. The molecule has 0 amide bonds. The van der Waals surface area contributed by atoms with E-state index in [0.29, 0.717) is 30.4 Å². The van der Waals surface area contributed by atoms with Gasteiger partial charge in [0.15, 0.2) is 0 Å². The Morgan fingerprint density at radius 3 is 2.73 bits per heavy atom. The first-order chi connectivity index (χ1) is 12.2. The van der Waals surface area contributed by atoms with Gasteiger partial charge in [0.1, 0.15) is 23.8 Å². The van der Waals surface area contributed by atoms with Gasteiger partial charge >= 0.3 is 0 Å². The minimum atomic E-state index is -2.61. The van der Waals surface area contributed by atoms with Gasteiger partial charge in [-0.25, -0.2) is 8.78 Å². The third kappa shape index (κ3) is 4.30. The third-order valence-corrected chi connectivity index (χ3v) is 4.27. The molecule has 1 atom stereocenters. The number of halogens is 2. The minimum absolute atomic E-state index is 0.230. The monoisotopic (exact) mass is 362 g/mol. The molecule has 0 saturated carbocycles. The summed E-state index contributed by atoms with van der Waals surface area (Å²) >= 11 is 0. The number of fused-ring (bicyclic) bond motifs is 3. The van der Waals surface area contributed by atoms with Gasteiger partial charge in [0.2, 0.25) is 0 Å². The van der Waals surface area contributed by atoms with Crippen molar-refractivity contribution >= 4 is 0 Å². The van der Waals surface area contributed by atoms with Crippen molar-refractivity contribution < 1.29 is 18.3 Å². The first-order valence-electron chi connectivity index (χ1n) is 8.69. The Labute approximate surface area is 152 Å². The van der Waals surface area contributed by atoms with E-state index in [1.165, 1.54) is 12.3 Å². The predicted molar refractivity (Wildman–Crippen MR) is 96.5 cm³/mol. The number of nitrogens with two attached hydrogens (primary N) is 1. The van der Waals surface area contributed by atoms with E-state index in [4.69, 9.17) is 15.2 Å². The molecule has 0 aliphatic carbocycles. The molecule has 2 heterocycles. The molecule has 1 aromatic heterocycles. The maximum Gasteiger partial charge on any atom is 0.280 e. The number of ether oxygens (including phenoxy) is 2. The van der Waals surface area contributed by atoms with Crippen molar-refractivity contribution in [2.75, 3.05) is 6.61 Å². The topological polar surface area (TPSA) is 57.4 Å². The summed E-state index contributed by atoms with van der Waals surface area (Å²) in [5.74, 6) is 1.58. The first kappa shape index (κ1) is 18.6. The fourth-order valence-electron chi connectivity index (χ4n) is 3.30. The molecule has 2 N–H and O–H groups in total. The molecule has 1 aromatic carbocycles. The predicted octanol–water partition coefficient (Wildman–Crippen LogP) is 4.72. The van der Waals surface area contributed by atoms with Crippen molar-refractivity contribution in [3.05, 3.63) is 41.7 Å². The molecule has 2 aromatic rings. The summed E-state index contributed by atoms with van der Waals surface area (Å²) in [6.07, 6.45) is -0.389. The van der Waals surface area contributed by atoms with Gasteiger partial charge in [0.05, 0.1) is 12.8 Å². The van der Waals surface area contributed by atoms with Gasteiger partial charge in [-0.05, 0) is 49.9 Å². The molecule has 0 radical (unpaired) electrons. The highest BCUT2D eigenvalue weighted by atomic mass is 19.3. The maximum absolute atomic E-state index is 12.9. The van der Waals surface area contributed by atoms with E-state index in [9.17, 15) is 8.78 Å². The van der Waals surface area contributed by atoms with Crippen LogP contribution in [0.25, 0.3) is 11.1 Å². The molecule has 140 valence electrons. The zero-order chi connectivity index (χ0) is 18.9.